The third-order valence-corrected chi connectivity index (χ3v) is 16.6. The summed E-state index contributed by atoms with van der Waals surface area (Å²) in [5, 5.41) is 67.9. The molecule has 6 aromatic rings. The van der Waals surface area contributed by atoms with Crippen LogP contribution in [0.25, 0.3) is 32.7 Å². The zero-order valence-corrected chi connectivity index (χ0v) is 57.1. The second-order valence-corrected chi connectivity index (χ2v) is 24.7. The maximum absolute atomic E-state index is 15.5. The predicted molar refractivity (Wildman–Crippen MR) is 384 cm³/mol. The van der Waals surface area contributed by atoms with Crippen LogP contribution in [-0.4, -0.2) is 184 Å². The number of nitrogens with two attached hydrogens (primary N) is 6. The van der Waals surface area contributed by atoms with E-state index in [1.807, 2.05) is 18.2 Å². The van der Waals surface area contributed by atoms with Crippen LogP contribution in [0.5, 0.6) is 0 Å². The molecule has 3 aromatic carbocycles. The van der Waals surface area contributed by atoms with Gasteiger partial charge in [-0.15, -0.1) is 0 Å². The Hall–Kier alpha value is -12.0. The van der Waals surface area contributed by atoms with Gasteiger partial charge in [0.25, 0.3) is 0 Å². The highest BCUT2D eigenvalue weighted by Crippen LogP contribution is 2.23. The van der Waals surface area contributed by atoms with Gasteiger partial charge in [0.2, 0.25) is 59.1 Å². The molecule has 550 valence electrons. The van der Waals surface area contributed by atoms with Crippen molar-refractivity contribution in [3.05, 3.63) is 108 Å². The fourth-order valence-electron chi connectivity index (χ4n) is 11.1. The Morgan fingerprint density at radius 1 is 0.343 bits per heavy atom. The molecule has 6 rings (SSSR count). The van der Waals surface area contributed by atoms with Crippen molar-refractivity contribution < 1.29 is 47.9 Å². The molecule has 32 N–H and O–H groups in total. The maximum atomic E-state index is 15.5. The second-order valence-electron chi connectivity index (χ2n) is 24.7. The van der Waals surface area contributed by atoms with E-state index in [9.17, 15) is 28.8 Å². The minimum absolute atomic E-state index is 0.0290. The zero-order valence-electron chi connectivity index (χ0n) is 57.1. The van der Waals surface area contributed by atoms with E-state index in [1.165, 1.54) is 20.8 Å². The first kappa shape index (κ1) is 79.0. The summed E-state index contributed by atoms with van der Waals surface area (Å²) in [5.41, 5.74) is 37.3. The van der Waals surface area contributed by atoms with Gasteiger partial charge in [-0.3, -0.25) is 69.6 Å². The molecule has 0 aliphatic heterocycles. The number of aromatic nitrogens is 3. The number of nitrogens with one attached hydrogen (secondary N) is 20. The topological polar surface area (TPSA) is 626 Å². The number of hydrogen-bond acceptors (Lipinski definition) is 15. The van der Waals surface area contributed by atoms with E-state index in [2.05, 4.69) is 84.1 Å². The largest absolute Gasteiger partial charge is 0.370 e. The Morgan fingerprint density at radius 3 is 0.863 bits per heavy atom. The number of guanidine groups is 4. The lowest BCUT2D eigenvalue weighted by molar-refractivity contribution is -0.136. The Kier molecular flexibility index (Phi) is 30.2. The molecule has 36 nitrogen and oxygen atoms in total. The highest BCUT2D eigenvalue weighted by atomic mass is 16.2. The smallest absolute Gasteiger partial charge is 0.243 e. The van der Waals surface area contributed by atoms with Crippen molar-refractivity contribution in [3.8, 4) is 0 Å². The minimum atomic E-state index is -1.57. The first-order valence-corrected chi connectivity index (χ1v) is 33.3. The normalized spacial score (nSPS) is 14.0. The number of carbonyl (C=O) groups is 10. The van der Waals surface area contributed by atoms with Crippen LogP contribution in [-0.2, 0) is 67.2 Å². The van der Waals surface area contributed by atoms with Gasteiger partial charge in [-0.2, -0.15) is 0 Å². The monoisotopic (exact) mass is 1410 g/mol. The average Bonchev–Trinajstić information content (AvgIpc) is 1.82. The maximum Gasteiger partial charge on any atom is 0.243 e. The van der Waals surface area contributed by atoms with Gasteiger partial charge in [-0.1, -0.05) is 54.6 Å². The molecule has 0 radical (unpaired) electrons. The van der Waals surface area contributed by atoms with Crippen LogP contribution in [0.4, 0.5) is 0 Å². The van der Waals surface area contributed by atoms with Crippen LogP contribution >= 0.6 is 0 Å². The molecule has 10 amide bonds. The molecule has 0 aliphatic carbocycles. The summed E-state index contributed by atoms with van der Waals surface area (Å²) >= 11 is 0. The Labute approximate surface area is 587 Å². The summed E-state index contributed by atoms with van der Waals surface area (Å²) in [6.07, 6.45) is 4.37. The van der Waals surface area contributed by atoms with E-state index in [-0.39, 0.29) is 121 Å². The molecule has 0 bridgehead atoms. The summed E-state index contributed by atoms with van der Waals surface area (Å²) in [6, 6.07) is 7.97. The summed E-state index contributed by atoms with van der Waals surface area (Å²) in [7, 11) is 0. The van der Waals surface area contributed by atoms with E-state index in [0.29, 0.717) is 38.5 Å². The van der Waals surface area contributed by atoms with Crippen LogP contribution in [0, 0.1) is 21.6 Å². The number of carbonyl (C=O) groups excluding carboxylic acids is 10. The van der Waals surface area contributed by atoms with Crippen LogP contribution in [0.2, 0.25) is 0 Å². The van der Waals surface area contributed by atoms with Gasteiger partial charge in [0.05, 0.1) is 6.04 Å². The first-order valence-electron chi connectivity index (χ1n) is 33.3. The standard InChI is InChI=1S/C66H96N26O10/c1-34(67)54(94)85-36(3)55(95)90-50(28-37-31-81-43-17-7-4-14-40(37)43)60(100)88-48(22-12-26-79-65(73)74)58(98)87-49(23-13-27-80-66(75)76)59(99)91-52(30-39-33-83-45-19-9-6-16-42(39)45)62(102)92-51(29-38-32-82-44-18-8-5-15-41(38)44)61(101)89-47(21-11-25-78-64(71)72)57(97)86-46(20-10-24-77-63(69)70)56(96)84-35(2)53(68)93/h4-9,14-19,31-36,46-52,81-83H,10-13,20-30,67H2,1-3H3,(H2,68,93)(H,84,96)(H,85,94)(H,86,97)(H,87,98)(H,88,100)(H,89,101)(H,90,95)(H,91,99)(H,92,102)(H4,69,70,77)(H4,71,72,78)(H4,73,74,79)(H4,75,76,80)/t34-,35-,36-,46-,47-,48-,49-,50-,51-,52-/m0/s1. The predicted octanol–water partition coefficient (Wildman–Crippen LogP) is -3.55. The fourth-order valence-corrected chi connectivity index (χ4v) is 11.1. The SMILES string of the molecule is C[C@H](N)C(=O)N[C@@H](C)C(=O)N[C@@H](Cc1c[nH]c2ccccc12)C(=O)N[C@@H](CCCNC(=N)N)C(=O)N[C@@H](CCCNC(=N)N)C(=O)N[C@@H](Cc1c[nH]c2ccccc12)C(=O)N[C@@H](Cc1c[nH]c2ccccc12)C(=O)N[C@@H](CCCNC(=N)N)C(=O)N[C@@H](CCCNC(=N)N)C(=O)N[C@@H](C)C(N)=O. The fraction of sp³-hybridized carbons (Fsp3) is 0.424. The number of para-hydroxylation sites is 3. The second kappa shape index (κ2) is 39.0. The number of amides is 10. The molecular formula is C66H96N26O10. The Morgan fingerprint density at radius 2 is 0.588 bits per heavy atom. The number of hydrogen-bond donors (Lipinski definition) is 26. The summed E-state index contributed by atoms with van der Waals surface area (Å²) in [5.74, 6) is -9.89. The van der Waals surface area contributed by atoms with Crippen molar-refractivity contribution in [2.75, 3.05) is 26.2 Å². The average molecular weight is 1410 g/mol. The van der Waals surface area contributed by atoms with Crippen molar-refractivity contribution in [2.24, 2.45) is 34.4 Å². The van der Waals surface area contributed by atoms with Gasteiger partial charge in [-0.05, 0) is 107 Å². The van der Waals surface area contributed by atoms with Crippen LogP contribution in [0.15, 0.2) is 91.4 Å². The lowest BCUT2D eigenvalue weighted by Crippen LogP contribution is -2.61. The van der Waals surface area contributed by atoms with E-state index in [0.717, 1.165) is 10.9 Å². The number of aromatic amines is 3. The molecule has 102 heavy (non-hydrogen) atoms. The van der Waals surface area contributed by atoms with Crippen molar-refractivity contribution in [2.45, 2.75) is 152 Å². The van der Waals surface area contributed by atoms with E-state index in [4.69, 9.17) is 56.0 Å². The minimum Gasteiger partial charge on any atom is -0.370 e. The molecule has 0 unspecified atom stereocenters. The lowest BCUT2D eigenvalue weighted by atomic mass is 10.00. The quantitative estimate of drug-likeness (QED) is 0.0100. The molecule has 0 fully saturated rings. The molecule has 3 aromatic heterocycles. The molecule has 0 saturated carbocycles. The molecule has 0 spiro atoms. The van der Waals surface area contributed by atoms with Gasteiger partial charge in [0.15, 0.2) is 23.8 Å². The highest BCUT2D eigenvalue weighted by Gasteiger charge is 2.36. The van der Waals surface area contributed by atoms with Crippen molar-refractivity contribution in [1.29, 1.82) is 21.6 Å². The molecule has 0 saturated heterocycles. The molecule has 3 heterocycles. The van der Waals surface area contributed by atoms with Crippen LogP contribution < -0.4 is 104 Å². The zero-order chi connectivity index (χ0) is 74.6. The Balaban J connectivity index is 1.37. The van der Waals surface area contributed by atoms with Gasteiger partial charge in [0.1, 0.15) is 54.4 Å². The van der Waals surface area contributed by atoms with Crippen molar-refractivity contribution in [3.63, 3.8) is 0 Å². The highest BCUT2D eigenvalue weighted by molar-refractivity contribution is 6.00. The Bertz CT molecular complexity index is 3960. The molecule has 36 heteroatoms. The number of rotatable bonds is 41. The number of primary amides is 1. The van der Waals surface area contributed by atoms with Gasteiger partial charge >= 0.3 is 0 Å². The van der Waals surface area contributed by atoms with Crippen molar-refractivity contribution >= 4 is 116 Å². The molecule has 10 atom stereocenters. The van der Waals surface area contributed by atoms with E-state index < -0.39 is 119 Å². The van der Waals surface area contributed by atoms with Crippen LogP contribution in [0.1, 0.15) is 88.8 Å². The summed E-state index contributed by atoms with van der Waals surface area (Å²) < 4.78 is 0. The summed E-state index contributed by atoms with van der Waals surface area (Å²) in [6.45, 7) is 4.44. The molecule has 0 aliphatic rings. The summed E-state index contributed by atoms with van der Waals surface area (Å²) in [4.78, 5) is 152. The lowest BCUT2D eigenvalue weighted by Gasteiger charge is -2.28. The van der Waals surface area contributed by atoms with Crippen LogP contribution in [0.3, 0.4) is 0 Å². The number of benzene rings is 3. The van der Waals surface area contributed by atoms with Gasteiger partial charge < -0.3 is 118 Å². The third kappa shape index (κ3) is 24.8. The van der Waals surface area contributed by atoms with Gasteiger partial charge in [0, 0.05) is 96.7 Å². The van der Waals surface area contributed by atoms with E-state index in [1.54, 1.807) is 73.2 Å². The number of fused-ring (bicyclic) bond motifs is 3. The van der Waals surface area contributed by atoms with E-state index >= 15 is 19.2 Å². The first-order chi connectivity index (χ1) is 48.6. The third-order valence-electron chi connectivity index (χ3n) is 16.6. The van der Waals surface area contributed by atoms with Gasteiger partial charge in [-0.25, -0.2) is 0 Å². The molecular weight excluding hydrogens is 1320 g/mol. The number of H-pyrrole nitrogens is 3. The van der Waals surface area contributed by atoms with Crippen molar-refractivity contribution in [1.82, 2.24) is 84.1 Å².